The summed E-state index contributed by atoms with van der Waals surface area (Å²) in [5.41, 5.74) is -2.90. The number of benzene rings is 1. The highest BCUT2D eigenvalue weighted by Crippen LogP contribution is 2.55. The molecule has 2 saturated heterocycles. The third kappa shape index (κ3) is 4.47. The standard InChI is InChI=1S/C25H32O9/c1-16(14-17(2)15-18-8-6-5-7-9-18)10-11-23-12-13-24(34-23,21(28)31-3)25(30,22(29)32-4)19(33-23)20(26)27/h5-9,14,17,19,30H,10-13,15H2,1-4H3,(H,26,27)/b16-14+/t17-,19?,23?,24?,25?/m0/s1. The van der Waals surface area contributed by atoms with E-state index in [0.717, 1.165) is 26.2 Å². The molecule has 0 saturated carbocycles. The van der Waals surface area contributed by atoms with Crippen LogP contribution in [0.2, 0.25) is 0 Å². The molecule has 1 aromatic rings. The number of carboxylic acids is 1. The molecule has 0 spiro atoms. The van der Waals surface area contributed by atoms with E-state index < -0.39 is 41.0 Å². The van der Waals surface area contributed by atoms with E-state index in [4.69, 9.17) is 14.2 Å². The monoisotopic (exact) mass is 476 g/mol. The number of carbonyl (C=O) groups is 3. The van der Waals surface area contributed by atoms with Crippen LogP contribution in [0.15, 0.2) is 42.0 Å². The van der Waals surface area contributed by atoms with Gasteiger partial charge in [-0.05, 0) is 37.7 Å². The van der Waals surface area contributed by atoms with E-state index in [0.29, 0.717) is 6.42 Å². The first-order valence-electron chi connectivity index (χ1n) is 11.2. The first kappa shape index (κ1) is 25.9. The zero-order valence-electron chi connectivity index (χ0n) is 19.9. The van der Waals surface area contributed by atoms with Gasteiger partial charge in [0.05, 0.1) is 14.2 Å². The summed E-state index contributed by atoms with van der Waals surface area (Å²) < 4.78 is 21.1. The zero-order chi connectivity index (χ0) is 25.1. The van der Waals surface area contributed by atoms with Gasteiger partial charge in [-0.15, -0.1) is 0 Å². The van der Waals surface area contributed by atoms with Crippen molar-refractivity contribution in [3.8, 4) is 0 Å². The first-order chi connectivity index (χ1) is 16.0. The lowest BCUT2D eigenvalue weighted by Gasteiger charge is -2.49. The molecule has 0 radical (unpaired) electrons. The van der Waals surface area contributed by atoms with Crippen molar-refractivity contribution in [2.45, 2.75) is 69.0 Å². The van der Waals surface area contributed by atoms with Gasteiger partial charge in [-0.25, -0.2) is 14.4 Å². The highest BCUT2D eigenvalue weighted by molar-refractivity contribution is 5.98. The Hall–Kier alpha value is -2.75. The summed E-state index contributed by atoms with van der Waals surface area (Å²) in [7, 11) is 2.05. The summed E-state index contributed by atoms with van der Waals surface area (Å²) in [5.74, 6) is -5.22. The molecule has 34 heavy (non-hydrogen) atoms. The normalized spacial score (nSPS) is 31.6. The maximum atomic E-state index is 12.8. The van der Waals surface area contributed by atoms with Crippen molar-refractivity contribution in [2.24, 2.45) is 5.92 Å². The number of carbonyl (C=O) groups excluding carboxylic acids is 2. The number of methoxy groups -OCH3 is 2. The minimum absolute atomic E-state index is 0.0953. The Kier molecular flexibility index (Phi) is 7.50. The number of aliphatic carboxylic acids is 1. The molecule has 2 N–H and O–H groups in total. The summed E-state index contributed by atoms with van der Waals surface area (Å²) in [6, 6.07) is 10.1. The van der Waals surface area contributed by atoms with Crippen LogP contribution < -0.4 is 0 Å². The molecule has 5 atom stereocenters. The Morgan fingerprint density at radius 3 is 2.38 bits per heavy atom. The molecule has 3 rings (SSSR count). The fourth-order valence-corrected chi connectivity index (χ4v) is 5.01. The second kappa shape index (κ2) is 9.85. The second-order valence-corrected chi connectivity index (χ2v) is 9.11. The van der Waals surface area contributed by atoms with Gasteiger partial charge in [-0.2, -0.15) is 0 Å². The number of aliphatic hydroxyl groups is 1. The lowest BCUT2D eigenvalue weighted by molar-refractivity contribution is -0.363. The van der Waals surface area contributed by atoms with E-state index >= 15 is 0 Å². The van der Waals surface area contributed by atoms with Gasteiger partial charge in [-0.1, -0.05) is 48.9 Å². The number of esters is 2. The summed E-state index contributed by atoms with van der Waals surface area (Å²) in [5, 5.41) is 21.0. The number of ether oxygens (including phenoxy) is 4. The van der Waals surface area contributed by atoms with Gasteiger partial charge in [0.15, 0.2) is 5.79 Å². The molecule has 186 valence electrons. The first-order valence-corrected chi connectivity index (χ1v) is 11.2. The number of rotatable bonds is 9. The summed E-state index contributed by atoms with van der Waals surface area (Å²) in [4.78, 5) is 37.4. The Morgan fingerprint density at radius 1 is 1.15 bits per heavy atom. The van der Waals surface area contributed by atoms with Crippen molar-refractivity contribution < 1.29 is 43.5 Å². The highest BCUT2D eigenvalue weighted by Gasteiger charge is 2.78. The van der Waals surface area contributed by atoms with Crippen molar-refractivity contribution in [2.75, 3.05) is 14.2 Å². The quantitative estimate of drug-likeness (QED) is 0.408. The molecule has 2 aliphatic rings. The van der Waals surface area contributed by atoms with Gasteiger partial charge in [0.1, 0.15) is 0 Å². The highest BCUT2D eigenvalue weighted by atomic mass is 16.8. The molecule has 2 fully saturated rings. The van der Waals surface area contributed by atoms with Crippen molar-refractivity contribution in [1.82, 2.24) is 0 Å². The van der Waals surface area contributed by atoms with E-state index in [1.54, 1.807) is 0 Å². The molecular weight excluding hydrogens is 444 g/mol. The van der Waals surface area contributed by atoms with Gasteiger partial charge in [-0.3, -0.25) is 0 Å². The molecule has 0 aliphatic carbocycles. The van der Waals surface area contributed by atoms with E-state index in [1.165, 1.54) is 5.56 Å². The van der Waals surface area contributed by atoms with E-state index in [1.807, 2.05) is 25.1 Å². The fraction of sp³-hybridized carbons (Fsp3) is 0.560. The molecule has 9 heteroatoms. The van der Waals surface area contributed by atoms with Gasteiger partial charge in [0.25, 0.3) is 0 Å². The Balaban J connectivity index is 1.82. The minimum atomic E-state index is -2.91. The molecular formula is C25H32O9. The number of hydrogen-bond acceptors (Lipinski definition) is 8. The van der Waals surface area contributed by atoms with E-state index in [9.17, 15) is 24.6 Å². The molecule has 2 bridgehead atoms. The molecule has 0 aromatic heterocycles. The lowest BCUT2D eigenvalue weighted by Crippen LogP contribution is -2.75. The van der Waals surface area contributed by atoms with Crippen molar-refractivity contribution in [3.05, 3.63) is 47.5 Å². The predicted molar refractivity (Wildman–Crippen MR) is 120 cm³/mol. The summed E-state index contributed by atoms with van der Waals surface area (Å²) in [6.45, 7) is 4.07. The Morgan fingerprint density at radius 2 is 1.79 bits per heavy atom. The van der Waals surface area contributed by atoms with Gasteiger partial charge in [0, 0.05) is 12.8 Å². The average molecular weight is 477 g/mol. The fourth-order valence-electron chi connectivity index (χ4n) is 5.01. The van der Waals surface area contributed by atoms with Crippen LogP contribution in [-0.2, 0) is 39.8 Å². The van der Waals surface area contributed by atoms with Gasteiger partial charge < -0.3 is 29.2 Å². The molecule has 0 amide bonds. The zero-order valence-corrected chi connectivity index (χ0v) is 19.9. The number of allylic oxidation sites excluding steroid dienone is 2. The summed E-state index contributed by atoms with van der Waals surface area (Å²) in [6.07, 6.45) is 1.59. The topological polar surface area (TPSA) is 129 Å². The van der Waals surface area contributed by atoms with Crippen LogP contribution >= 0.6 is 0 Å². The van der Waals surface area contributed by atoms with Gasteiger partial charge >= 0.3 is 17.9 Å². The second-order valence-electron chi connectivity index (χ2n) is 9.11. The molecule has 4 unspecified atom stereocenters. The van der Waals surface area contributed by atoms with Crippen molar-refractivity contribution >= 4 is 17.9 Å². The van der Waals surface area contributed by atoms with Crippen molar-refractivity contribution in [1.29, 1.82) is 0 Å². The van der Waals surface area contributed by atoms with Crippen LogP contribution in [0.5, 0.6) is 0 Å². The maximum absolute atomic E-state index is 12.8. The number of hydrogen-bond donors (Lipinski definition) is 2. The number of carboxylic acid groups (broad SMARTS) is 1. The molecule has 2 aliphatic heterocycles. The van der Waals surface area contributed by atoms with Gasteiger partial charge in [0.2, 0.25) is 17.3 Å². The van der Waals surface area contributed by atoms with Crippen LogP contribution in [0, 0.1) is 5.92 Å². The average Bonchev–Trinajstić information content (AvgIpc) is 3.17. The Bertz CT molecular complexity index is 958. The predicted octanol–water partition coefficient (Wildman–Crippen LogP) is 2.40. The molecule has 9 nitrogen and oxygen atoms in total. The largest absolute Gasteiger partial charge is 0.479 e. The lowest BCUT2D eigenvalue weighted by atomic mass is 9.76. The smallest absolute Gasteiger partial charge is 0.345 e. The Labute approximate surface area is 198 Å². The third-order valence-corrected chi connectivity index (χ3v) is 6.65. The SMILES string of the molecule is COC(=O)C12CCC(CC/C(C)=C/[C@H](C)Cc3ccccc3)(OC(C(=O)O)C1(O)C(=O)OC)O2. The maximum Gasteiger partial charge on any atom is 0.345 e. The number of fused-ring (bicyclic) bond motifs is 2. The molecule has 2 heterocycles. The molecule has 1 aromatic carbocycles. The van der Waals surface area contributed by atoms with Crippen LogP contribution in [0.3, 0.4) is 0 Å². The van der Waals surface area contributed by atoms with Crippen molar-refractivity contribution in [3.63, 3.8) is 0 Å². The van der Waals surface area contributed by atoms with Crippen LogP contribution in [0.1, 0.15) is 45.1 Å². The third-order valence-electron chi connectivity index (χ3n) is 6.65. The van der Waals surface area contributed by atoms with Crippen LogP contribution in [0.25, 0.3) is 0 Å². The summed E-state index contributed by atoms with van der Waals surface area (Å²) >= 11 is 0. The van der Waals surface area contributed by atoms with E-state index in [2.05, 4.69) is 29.9 Å². The van der Waals surface area contributed by atoms with Crippen LogP contribution in [0.4, 0.5) is 0 Å². The van der Waals surface area contributed by atoms with Crippen LogP contribution in [-0.4, -0.2) is 65.4 Å². The van der Waals surface area contributed by atoms with E-state index in [-0.39, 0.29) is 25.2 Å². The minimum Gasteiger partial charge on any atom is -0.479 e.